The molecule has 2 rings (SSSR count). The number of rotatable bonds is 3. The van der Waals surface area contributed by atoms with E-state index in [0.717, 1.165) is 11.0 Å². The fourth-order valence-corrected chi connectivity index (χ4v) is 1.92. The van der Waals surface area contributed by atoms with Crippen LogP contribution in [0.2, 0.25) is 0 Å². The van der Waals surface area contributed by atoms with E-state index in [1.54, 1.807) is 0 Å². The minimum atomic E-state index is -1.26. The molecule has 2 aromatic rings. The van der Waals surface area contributed by atoms with E-state index in [-0.39, 0.29) is 6.15 Å². The summed E-state index contributed by atoms with van der Waals surface area (Å²) in [6, 6.07) is 8.50. The number of hydrogen-bond donors (Lipinski definition) is 3. The summed E-state index contributed by atoms with van der Waals surface area (Å²) >= 11 is 3.47. The van der Waals surface area contributed by atoms with Crippen molar-refractivity contribution in [2.45, 2.75) is 13.5 Å². The fourth-order valence-electron chi connectivity index (χ4n) is 1.58. The van der Waals surface area contributed by atoms with Gasteiger partial charge in [0.15, 0.2) is 0 Å². The number of aromatic nitrogens is 1. The smallest absolute Gasteiger partial charge is 0.328 e. The minimum absolute atomic E-state index is 0. The standard InChI is InChI=1S/C10H10BrN.C4H4O4.H3N/c1-2-12-6-5-8-3-4-9(11)7-10(8)12;5-3(6)1-2-4(7)8;/h3-7H,2H2,1H3;1-2H,(H,5,6)(H,7,8);1H3. The number of nitrogens with zero attached hydrogens (tertiary/aromatic N) is 1. The van der Waals surface area contributed by atoms with E-state index in [0.29, 0.717) is 12.2 Å². The number of carboxylic acid groups (broad SMARTS) is 2. The van der Waals surface area contributed by atoms with Crippen LogP contribution in [0.25, 0.3) is 10.9 Å². The third-order valence-electron chi connectivity index (χ3n) is 2.45. The molecule has 0 aliphatic heterocycles. The predicted molar refractivity (Wildman–Crippen MR) is 84.7 cm³/mol. The number of carbonyl (C=O) groups is 2. The highest BCUT2D eigenvalue weighted by atomic mass is 79.9. The summed E-state index contributed by atoms with van der Waals surface area (Å²) in [4.78, 5) is 19.1. The average Bonchev–Trinajstić information content (AvgIpc) is 2.79. The summed E-state index contributed by atoms with van der Waals surface area (Å²) in [5.74, 6) is -2.51. The van der Waals surface area contributed by atoms with Gasteiger partial charge in [-0.1, -0.05) is 22.0 Å². The zero-order chi connectivity index (χ0) is 15.1. The average molecular weight is 357 g/mol. The molecule has 6 nitrogen and oxygen atoms in total. The number of hydrogen-bond acceptors (Lipinski definition) is 3. The molecule has 0 saturated heterocycles. The lowest BCUT2D eigenvalue weighted by atomic mass is 10.2. The summed E-state index contributed by atoms with van der Waals surface area (Å²) in [6.45, 7) is 3.18. The van der Waals surface area contributed by atoms with Crippen LogP contribution in [-0.2, 0) is 16.1 Å². The Morgan fingerprint density at radius 1 is 1.19 bits per heavy atom. The molecule has 0 aliphatic carbocycles. The van der Waals surface area contributed by atoms with Crippen molar-refractivity contribution in [3.05, 3.63) is 47.1 Å². The lowest BCUT2D eigenvalue weighted by Crippen LogP contribution is -1.91. The first-order valence-corrected chi connectivity index (χ1v) is 6.61. The maximum absolute atomic E-state index is 9.55. The molecule has 0 amide bonds. The Bertz CT molecular complexity index is 633. The maximum Gasteiger partial charge on any atom is 0.328 e. The molecule has 114 valence electrons. The van der Waals surface area contributed by atoms with Crippen molar-refractivity contribution in [3.63, 3.8) is 0 Å². The van der Waals surface area contributed by atoms with Crippen LogP contribution >= 0.6 is 15.9 Å². The molecule has 5 N–H and O–H groups in total. The zero-order valence-electron chi connectivity index (χ0n) is 11.5. The van der Waals surface area contributed by atoms with Crippen LogP contribution in [0.15, 0.2) is 47.1 Å². The number of aliphatic carboxylic acids is 2. The molecule has 1 aromatic heterocycles. The number of carboxylic acids is 2. The van der Waals surface area contributed by atoms with Gasteiger partial charge in [0.05, 0.1) is 0 Å². The van der Waals surface area contributed by atoms with Crippen molar-refractivity contribution in [2.24, 2.45) is 0 Å². The summed E-state index contributed by atoms with van der Waals surface area (Å²) in [5, 5.41) is 16.9. The molecule has 0 fully saturated rings. The van der Waals surface area contributed by atoms with Gasteiger partial charge in [-0.2, -0.15) is 0 Å². The van der Waals surface area contributed by atoms with Crippen molar-refractivity contribution < 1.29 is 19.8 Å². The van der Waals surface area contributed by atoms with Crippen LogP contribution in [0, 0.1) is 0 Å². The lowest BCUT2D eigenvalue weighted by molar-refractivity contribution is -0.134. The Hall–Kier alpha value is -2.12. The number of fused-ring (bicyclic) bond motifs is 1. The Kier molecular flexibility index (Phi) is 8.03. The second kappa shape index (κ2) is 8.93. The first kappa shape index (κ1) is 18.9. The number of aryl methyl sites for hydroxylation is 1. The second-order valence-corrected chi connectivity index (χ2v) is 4.73. The van der Waals surface area contributed by atoms with Gasteiger partial charge in [0.1, 0.15) is 0 Å². The van der Waals surface area contributed by atoms with Crippen molar-refractivity contribution in [1.29, 1.82) is 0 Å². The van der Waals surface area contributed by atoms with Crippen LogP contribution in [0.3, 0.4) is 0 Å². The van der Waals surface area contributed by atoms with Gasteiger partial charge in [0.2, 0.25) is 0 Å². The van der Waals surface area contributed by atoms with Crippen molar-refractivity contribution in [1.82, 2.24) is 10.7 Å². The molecule has 0 radical (unpaired) electrons. The summed E-state index contributed by atoms with van der Waals surface area (Å²) in [7, 11) is 0. The Balaban J connectivity index is 0.000000397. The quantitative estimate of drug-likeness (QED) is 0.729. The largest absolute Gasteiger partial charge is 0.478 e. The summed E-state index contributed by atoms with van der Waals surface area (Å²) in [5.41, 5.74) is 1.30. The van der Waals surface area contributed by atoms with Crippen molar-refractivity contribution >= 4 is 38.8 Å². The third-order valence-corrected chi connectivity index (χ3v) is 2.94. The highest BCUT2D eigenvalue weighted by Gasteiger charge is 1.98. The molecule has 0 aliphatic rings. The van der Waals surface area contributed by atoms with Gasteiger partial charge in [-0.15, -0.1) is 0 Å². The predicted octanol–water partition coefficient (Wildman–Crippen LogP) is 3.30. The van der Waals surface area contributed by atoms with Gasteiger partial charge in [0, 0.05) is 34.9 Å². The van der Waals surface area contributed by atoms with Crippen molar-refractivity contribution in [3.8, 4) is 0 Å². The van der Waals surface area contributed by atoms with E-state index in [4.69, 9.17) is 10.2 Å². The Morgan fingerprint density at radius 3 is 2.24 bits per heavy atom. The highest BCUT2D eigenvalue weighted by molar-refractivity contribution is 9.10. The molecule has 21 heavy (non-hydrogen) atoms. The molecule has 1 heterocycles. The van der Waals surface area contributed by atoms with E-state index in [1.807, 2.05) is 0 Å². The third kappa shape index (κ3) is 6.24. The fraction of sp³-hybridized carbons (Fsp3) is 0.143. The molecular formula is C14H17BrN2O4. The topological polar surface area (TPSA) is 115 Å². The van der Waals surface area contributed by atoms with Gasteiger partial charge < -0.3 is 20.9 Å². The van der Waals surface area contributed by atoms with E-state index < -0.39 is 11.9 Å². The first-order chi connectivity index (χ1) is 9.43. The Morgan fingerprint density at radius 2 is 1.76 bits per heavy atom. The van der Waals surface area contributed by atoms with Gasteiger partial charge in [0.25, 0.3) is 0 Å². The normalized spacial score (nSPS) is 9.81. The summed E-state index contributed by atoms with van der Waals surface area (Å²) < 4.78 is 3.38. The van der Waals surface area contributed by atoms with Crippen LogP contribution in [0.4, 0.5) is 0 Å². The molecule has 0 spiro atoms. The molecule has 0 bridgehead atoms. The van der Waals surface area contributed by atoms with Crippen LogP contribution in [0.5, 0.6) is 0 Å². The van der Waals surface area contributed by atoms with Gasteiger partial charge in [-0.3, -0.25) is 0 Å². The lowest BCUT2D eigenvalue weighted by Gasteiger charge is -1.99. The van der Waals surface area contributed by atoms with Gasteiger partial charge >= 0.3 is 11.9 Å². The SMILES string of the molecule is CCn1ccc2ccc(Br)cc21.N.O=C(O)C=CC(=O)O. The molecular weight excluding hydrogens is 340 g/mol. The number of benzene rings is 1. The molecule has 0 saturated carbocycles. The highest BCUT2D eigenvalue weighted by Crippen LogP contribution is 2.20. The first-order valence-electron chi connectivity index (χ1n) is 5.82. The number of halogens is 1. The van der Waals surface area contributed by atoms with E-state index in [2.05, 4.69) is 57.9 Å². The van der Waals surface area contributed by atoms with E-state index >= 15 is 0 Å². The summed E-state index contributed by atoms with van der Waals surface area (Å²) in [6.07, 6.45) is 3.24. The van der Waals surface area contributed by atoms with Gasteiger partial charge in [-0.05, 0) is 30.5 Å². The van der Waals surface area contributed by atoms with Gasteiger partial charge in [-0.25, -0.2) is 9.59 Å². The minimum Gasteiger partial charge on any atom is -0.478 e. The van der Waals surface area contributed by atoms with E-state index in [9.17, 15) is 9.59 Å². The maximum atomic E-state index is 9.55. The van der Waals surface area contributed by atoms with Crippen molar-refractivity contribution in [2.75, 3.05) is 0 Å². The molecule has 0 unspecified atom stereocenters. The Labute approximate surface area is 130 Å². The van der Waals surface area contributed by atoms with E-state index in [1.165, 1.54) is 10.9 Å². The van der Waals surface area contributed by atoms with Crippen LogP contribution < -0.4 is 6.15 Å². The molecule has 0 atom stereocenters. The molecule has 1 aromatic carbocycles. The van der Waals surface area contributed by atoms with Crippen LogP contribution in [0.1, 0.15) is 6.92 Å². The zero-order valence-corrected chi connectivity index (χ0v) is 13.1. The second-order valence-electron chi connectivity index (χ2n) is 3.81. The monoisotopic (exact) mass is 356 g/mol. The van der Waals surface area contributed by atoms with Crippen LogP contribution in [-0.4, -0.2) is 26.7 Å². The molecule has 7 heteroatoms.